The summed E-state index contributed by atoms with van der Waals surface area (Å²) in [6.07, 6.45) is -0.534. The maximum absolute atomic E-state index is 13.1. The summed E-state index contributed by atoms with van der Waals surface area (Å²) < 4.78 is 44.7. The second-order valence-electron chi connectivity index (χ2n) is 12.1. The van der Waals surface area contributed by atoms with Crippen LogP contribution in [0.3, 0.4) is 0 Å². The first-order chi connectivity index (χ1) is 17.6. The average molecular weight is 518 g/mol. The molecule has 0 radical (unpaired) electrons. The molecule has 3 saturated carbocycles. The van der Waals surface area contributed by atoms with E-state index in [0.29, 0.717) is 30.6 Å². The van der Waals surface area contributed by atoms with E-state index in [4.69, 9.17) is 4.74 Å². The molecule has 1 aromatic heterocycles. The molecular formula is C26H30F3N5O3. The summed E-state index contributed by atoms with van der Waals surface area (Å²) >= 11 is 0. The SMILES string of the molecule is O=C(N1CC(c2ccc(OCC3(C(F)(F)F)CC3)cc2)C1)N1CC2(CC(c3nnc(C4(O)CC4)[nH]3)C2)C1. The third-order valence-electron chi connectivity index (χ3n) is 9.21. The van der Waals surface area contributed by atoms with E-state index in [2.05, 4.69) is 15.2 Å². The summed E-state index contributed by atoms with van der Waals surface area (Å²) in [4.78, 5) is 19.9. The lowest BCUT2D eigenvalue weighted by Gasteiger charge is -2.59. The minimum Gasteiger partial charge on any atom is -0.493 e. The van der Waals surface area contributed by atoms with Crippen LogP contribution >= 0.6 is 0 Å². The molecule has 8 nitrogen and oxygen atoms in total. The number of likely N-dealkylation sites (tertiary alicyclic amines) is 2. The number of aromatic nitrogens is 3. The van der Waals surface area contributed by atoms with Gasteiger partial charge in [0, 0.05) is 43.4 Å². The highest BCUT2D eigenvalue weighted by molar-refractivity contribution is 5.77. The summed E-state index contributed by atoms with van der Waals surface area (Å²) in [5.41, 5.74) is -1.23. The van der Waals surface area contributed by atoms with E-state index >= 15 is 0 Å². The Bertz CT molecular complexity index is 1200. The predicted octanol–water partition coefficient (Wildman–Crippen LogP) is 3.91. The second-order valence-corrected chi connectivity index (χ2v) is 12.1. The van der Waals surface area contributed by atoms with Crippen LogP contribution < -0.4 is 4.74 Å². The molecule has 2 N–H and O–H groups in total. The number of hydrogen-bond donors (Lipinski definition) is 2. The molecule has 0 atom stereocenters. The van der Waals surface area contributed by atoms with Crippen molar-refractivity contribution in [1.82, 2.24) is 25.0 Å². The van der Waals surface area contributed by atoms with E-state index in [9.17, 15) is 23.1 Å². The van der Waals surface area contributed by atoms with Crippen molar-refractivity contribution < 1.29 is 27.8 Å². The van der Waals surface area contributed by atoms with Crippen molar-refractivity contribution in [3.05, 3.63) is 41.5 Å². The Morgan fingerprint density at radius 1 is 1.03 bits per heavy atom. The molecular weight excluding hydrogens is 487 g/mol. The first-order valence-corrected chi connectivity index (χ1v) is 13.1. The Hall–Kier alpha value is -2.82. The normalized spacial score (nSPS) is 25.3. The van der Waals surface area contributed by atoms with Gasteiger partial charge in [-0.25, -0.2) is 4.79 Å². The van der Waals surface area contributed by atoms with Crippen molar-refractivity contribution in [3.63, 3.8) is 0 Å². The molecule has 3 heterocycles. The van der Waals surface area contributed by atoms with Gasteiger partial charge >= 0.3 is 12.2 Å². The van der Waals surface area contributed by atoms with Crippen molar-refractivity contribution in [2.75, 3.05) is 32.8 Å². The van der Waals surface area contributed by atoms with Crippen molar-refractivity contribution in [1.29, 1.82) is 0 Å². The van der Waals surface area contributed by atoms with Crippen molar-refractivity contribution in [2.24, 2.45) is 10.8 Å². The summed E-state index contributed by atoms with van der Waals surface area (Å²) in [5, 5.41) is 18.5. The number of alkyl halides is 3. The van der Waals surface area contributed by atoms with Crippen LogP contribution in [0.1, 0.15) is 67.6 Å². The lowest BCUT2D eigenvalue weighted by Crippen LogP contribution is -2.67. The summed E-state index contributed by atoms with van der Waals surface area (Å²) in [6.45, 7) is 2.49. The minimum atomic E-state index is -4.22. The number of H-pyrrole nitrogens is 1. The number of aliphatic hydroxyl groups is 1. The number of aromatic amines is 1. The fourth-order valence-corrected chi connectivity index (χ4v) is 6.12. The molecule has 11 heteroatoms. The molecule has 5 fully saturated rings. The van der Waals surface area contributed by atoms with Gasteiger partial charge < -0.3 is 24.6 Å². The van der Waals surface area contributed by atoms with Crippen molar-refractivity contribution >= 4 is 6.03 Å². The monoisotopic (exact) mass is 517 g/mol. The van der Waals surface area contributed by atoms with Crippen LogP contribution in [0.15, 0.2) is 24.3 Å². The van der Waals surface area contributed by atoms with Crippen LogP contribution in [0.5, 0.6) is 5.75 Å². The van der Waals surface area contributed by atoms with Gasteiger partial charge in [0.05, 0.1) is 0 Å². The quantitative estimate of drug-likeness (QED) is 0.606. The zero-order valence-corrected chi connectivity index (χ0v) is 20.4. The van der Waals surface area contributed by atoms with E-state index in [1.165, 1.54) is 0 Å². The molecule has 1 spiro atoms. The number of hydrogen-bond acceptors (Lipinski definition) is 5. The minimum absolute atomic E-state index is 0.0741. The number of nitrogens with one attached hydrogen (secondary N) is 1. The summed E-state index contributed by atoms with van der Waals surface area (Å²) in [5.74, 6) is 2.41. The Morgan fingerprint density at radius 2 is 1.70 bits per heavy atom. The molecule has 198 valence electrons. The third-order valence-corrected chi connectivity index (χ3v) is 9.21. The van der Waals surface area contributed by atoms with Crippen LogP contribution in [0.4, 0.5) is 18.0 Å². The van der Waals surface area contributed by atoms with Crippen molar-refractivity contribution in [3.8, 4) is 5.75 Å². The zero-order chi connectivity index (χ0) is 25.6. The Balaban J connectivity index is 0.852. The molecule has 2 aromatic rings. The molecule has 0 unspecified atom stereocenters. The van der Waals surface area contributed by atoms with Crippen LogP contribution in [0.25, 0.3) is 0 Å². The van der Waals surface area contributed by atoms with E-state index in [-0.39, 0.29) is 36.8 Å². The number of halogens is 3. The highest BCUT2D eigenvalue weighted by Gasteiger charge is 2.64. The van der Waals surface area contributed by atoms with E-state index in [0.717, 1.165) is 50.2 Å². The van der Waals surface area contributed by atoms with Crippen LogP contribution in [0.2, 0.25) is 0 Å². The topological polar surface area (TPSA) is 94.6 Å². The Labute approximate surface area is 212 Å². The highest BCUT2D eigenvalue weighted by Crippen LogP contribution is 2.58. The molecule has 37 heavy (non-hydrogen) atoms. The van der Waals surface area contributed by atoms with Gasteiger partial charge in [0.25, 0.3) is 0 Å². The number of urea groups is 1. The second kappa shape index (κ2) is 7.61. The molecule has 5 aliphatic rings. The Morgan fingerprint density at radius 3 is 2.30 bits per heavy atom. The predicted molar refractivity (Wildman–Crippen MR) is 125 cm³/mol. The molecule has 3 aliphatic carbocycles. The number of rotatable bonds is 6. The number of nitrogens with zero attached hydrogens (tertiary/aromatic N) is 4. The fraction of sp³-hybridized carbons (Fsp3) is 0.654. The highest BCUT2D eigenvalue weighted by atomic mass is 19.4. The molecule has 1 aromatic carbocycles. The van der Waals surface area contributed by atoms with Gasteiger partial charge in [-0.1, -0.05) is 12.1 Å². The van der Waals surface area contributed by atoms with E-state index < -0.39 is 17.2 Å². The largest absolute Gasteiger partial charge is 0.493 e. The number of ether oxygens (including phenoxy) is 1. The maximum Gasteiger partial charge on any atom is 0.397 e. The molecule has 2 amide bonds. The van der Waals surface area contributed by atoms with Gasteiger partial charge in [-0.3, -0.25) is 0 Å². The molecule has 7 rings (SSSR count). The summed E-state index contributed by atoms with van der Waals surface area (Å²) in [7, 11) is 0. The molecule has 0 bridgehead atoms. The van der Waals surface area contributed by atoms with Gasteiger partial charge in [-0.2, -0.15) is 13.2 Å². The smallest absolute Gasteiger partial charge is 0.397 e. The van der Waals surface area contributed by atoms with Crippen LogP contribution in [-0.4, -0.2) is 75.1 Å². The third kappa shape index (κ3) is 3.88. The van der Waals surface area contributed by atoms with Crippen molar-refractivity contribution in [2.45, 2.75) is 62.1 Å². The summed E-state index contributed by atoms with van der Waals surface area (Å²) in [6, 6.07) is 7.30. The fourth-order valence-electron chi connectivity index (χ4n) is 6.12. The first kappa shape index (κ1) is 23.3. The van der Waals surface area contributed by atoms with Crippen LogP contribution in [0, 0.1) is 10.8 Å². The average Bonchev–Trinajstić information content (AvgIpc) is 3.68. The number of carbonyl (C=O) groups excluding carboxylic acids is 1. The zero-order valence-electron chi connectivity index (χ0n) is 20.4. The molecule has 2 aliphatic heterocycles. The van der Waals surface area contributed by atoms with Gasteiger partial charge in [0.1, 0.15) is 29.2 Å². The van der Waals surface area contributed by atoms with E-state index in [1.54, 1.807) is 12.1 Å². The number of carbonyl (C=O) groups is 1. The van der Waals surface area contributed by atoms with Gasteiger partial charge in [-0.15, -0.1) is 10.2 Å². The number of benzene rings is 1. The first-order valence-electron chi connectivity index (χ1n) is 13.1. The van der Waals surface area contributed by atoms with E-state index in [1.807, 2.05) is 21.9 Å². The number of amides is 2. The maximum atomic E-state index is 13.1. The standard InChI is InChI=1S/C26H30F3N5O3/c27-26(28,29)24(5-6-24)15-37-19-3-1-16(2-4-19)18-11-33(12-18)22(35)34-13-23(14-34)9-17(10-23)20-30-21(32-31-20)25(36)7-8-25/h1-4,17-18,36H,5-15H2,(H,30,31,32). The Kier molecular flexibility index (Phi) is 4.80. The molecule has 2 saturated heterocycles. The van der Waals surface area contributed by atoms with Gasteiger partial charge in [0.15, 0.2) is 5.82 Å². The van der Waals surface area contributed by atoms with Crippen LogP contribution in [-0.2, 0) is 5.60 Å². The lowest BCUT2D eigenvalue weighted by atomic mass is 9.57. The van der Waals surface area contributed by atoms with Gasteiger partial charge in [0.2, 0.25) is 0 Å². The lowest BCUT2D eigenvalue weighted by molar-refractivity contribution is -0.194. The van der Waals surface area contributed by atoms with Gasteiger partial charge in [-0.05, 0) is 56.2 Å².